The monoisotopic (exact) mass is 311 g/mol. The van der Waals surface area contributed by atoms with Crippen LogP contribution in [0.5, 0.6) is 0 Å². The third-order valence-electron chi connectivity index (χ3n) is 3.16. The smallest absolute Gasteiger partial charge is 0.203 e. The van der Waals surface area contributed by atoms with Gasteiger partial charge >= 0.3 is 0 Å². The predicted molar refractivity (Wildman–Crippen MR) is 89.9 cm³/mol. The van der Waals surface area contributed by atoms with Crippen LogP contribution in [0.3, 0.4) is 0 Å². The Morgan fingerprint density at radius 3 is 2.77 bits per heavy atom. The molecule has 0 fully saturated rings. The van der Waals surface area contributed by atoms with E-state index < -0.39 is 0 Å². The predicted octanol–water partition coefficient (Wildman–Crippen LogP) is 4.70. The molecule has 0 saturated carbocycles. The van der Waals surface area contributed by atoms with Crippen molar-refractivity contribution >= 4 is 22.7 Å². The van der Waals surface area contributed by atoms with Gasteiger partial charge in [0.15, 0.2) is 0 Å². The first-order valence-electron chi connectivity index (χ1n) is 6.79. The maximum atomic E-state index is 13.8. The highest BCUT2D eigenvalue weighted by Crippen LogP contribution is 2.24. The van der Waals surface area contributed by atoms with Crippen LogP contribution in [0.15, 0.2) is 59.0 Å². The van der Waals surface area contributed by atoms with E-state index in [0.29, 0.717) is 16.3 Å². The van der Waals surface area contributed by atoms with Crippen LogP contribution in [-0.4, -0.2) is 11.2 Å². The number of benzene rings is 2. The molecule has 0 aliphatic rings. The topological polar surface area (TPSA) is 37.3 Å². The number of nitrogens with zero attached hydrogens (tertiary/aromatic N) is 2. The summed E-state index contributed by atoms with van der Waals surface area (Å²) in [4.78, 5) is 4.45. The van der Waals surface area contributed by atoms with E-state index in [9.17, 15) is 4.39 Å². The van der Waals surface area contributed by atoms with Crippen molar-refractivity contribution in [3.63, 3.8) is 0 Å². The van der Waals surface area contributed by atoms with Crippen molar-refractivity contribution in [1.29, 1.82) is 0 Å². The summed E-state index contributed by atoms with van der Waals surface area (Å²) >= 11 is 1.46. The average Bonchev–Trinajstić information content (AvgIpc) is 3.01. The van der Waals surface area contributed by atoms with Crippen molar-refractivity contribution in [2.24, 2.45) is 5.10 Å². The van der Waals surface area contributed by atoms with E-state index in [1.165, 1.54) is 17.6 Å². The quantitative estimate of drug-likeness (QED) is 0.560. The number of hydrazone groups is 1. The third-order valence-corrected chi connectivity index (χ3v) is 3.91. The van der Waals surface area contributed by atoms with Gasteiger partial charge in [-0.25, -0.2) is 9.37 Å². The Morgan fingerprint density at radius 1 is 1.14 bits per heavy atom. The second kappa shape index (κ2) is 6.49. The van der Waals surface area contributed by atoms with Crippen LogP contribution < -0.4 is 5.43 Å². The zero-order valence-electron chi connectivity index (χ0n) is 12.0. The molecule has 0 amide bonds. The van der Waals surface area contributed by atoms with Crippen molar-refractivity contribution in [2.45, 2.75) is 6.92 Å². The minimum absolute atomic E-state index is 0.253. The molecule has 0 bridgehead atoms. The van der Waals surface area contributed by atoms with Gasteiger partial charge in [-0.15, -0.1) is 11.3 Å². The Bertz CT molecular complexity index is 797. The molecule has 3 nitrogen and oxygen atoms in total. The van der Waals surface area contributed by atoms with Gasteiger partial charge in [-0.1, -0.05) is 48.5 Å². The van der Waals surface area contributed by atoms with Crippen molar-refractivity contribution in [1.82, 2.24) is 4.98 Å². The van der Waals surface area contributed by atoms with Gasteiger partial charge < -0.3 is 0 Å². The van der Waals surface area contributed by atoms with Gasteiger partial charge in [0.1, 0.15) is 5.82 Å². The molecule has 0 spiro atoms. The lowest BCUT2D eigenvalue weighted by molar-refractivity contribution is 0.616. The molecule has 22 heavy (non-hydrogen) atoms. The Labute approximate surface area is 132 Å². The summed E-state index contributed by atoms with van der Waals surface area (Å²) in [6, 6.07) is 15.1. The van der Waals surface area contributed by atoms with Crippen LogP contribution in [0.2, 0.25) is 0 Å². The highest BCUT2D eigenvalue weighted by atomic mass is 32.1. The first-order chi connectivity index (χ1) is 10.7. The lowest BCUT2D eigenvalue weighted by atomic mass is 10.1. The largest absolute Gasteiger partial charge is 0.253 e. The lowest BCUT2D eigenvalue weighted by Crippen LogP contribution is -1.94. The van der Waals surface area contributed by atoms with Crippen LogP contribution in [-0.2, 0) is 0 Å². The number of rotatable bonds is 4. The summed E-state index contributed by atoms with van der Waals surface area (Å²) in [5.74, 6) is -0.253. The molecule has 1 aromatic heterocycles. The van der Waals surface area contributed by atoms with Gasteiger partial charge in [-0.2, -0.15) is 5.10 Å². The summed E-state index contributed by atoms with van der Waals surface area (Å²) < 4.78 is 13.8. The van der Waals surface area contributed by atoms with E-state index in [0.717, 1.165) is 11.3 Å². The SMILES string of the molecule is Cc1cccc(C=NNc2nc(-c3ccccc3)cs2)c1F. The van der Waals surface area contributed by atoms with Crippen molar-refractivity contribution in [2.75, 3.05) is 5.43 Å². The summed E-state index contributed by atoms with van der Waals surface area (Å²) in [7, 11) is 0. The number of hydrogen-bond donors (Lipinski definition) is 1. The fraction of sp³-hybridized carbons (Fsp3) is 0.0588. The average molecular weight is 311 g/mol. The number of thiazole rings is 1. The minimum atomic E-state index is -0.253. The molecule has 5 heteroatoms. The summed E-state index contributed by atoms with van der Waals surface area (Å²) in [6.07, 6.45) is 1.46. The minimum Gasteiger partial charge on any atom is -0.253 e. The van der Waals surface area contributed by atoms with Gasteiger partial charge in [0.05, 0.1) is 11.9 Å². The zero-order chi connectivity index (χ0) is 15.4. The number of nitrogens with one attached hydrogen (secondary N) is 1. The Balaban J connectivity index is 1.71. The molecular formula is C17H14FN3S. The second-order valence-electron chi connectivity index (χ2n) is 4.75. The number of aromatic nitrogens is 1. The first-order valence-corrected chi connectivity index (χ1v) is 7.67. The molecule has 0 radical (unpaired) electrons. The van der Waals surface area contributed by atoms with E-state index in [-0.39, 0.29) is 5.82 Å². The van der Waals surface area contributed by atoms with Crippen molar-refractivity contribution in [3.8, 4) is 11.3 Å². The van der Waals surface area contributed by atoms with Gasteiger partial charge in [0.25, 0.3) is 0 Å². The molecule has 3 rings (SSSR count). The molecule has 3 aromatic rings. The fourth-order valence-corrected chi connectivity index (χ4v) is 2.66. The maximum Gasteiger partial charge on any atom is 0.203 e. The van der Waals surface area contributed by atoms with E-state index in [2.05, 4.69) is 15.5 Å². The molecule has 0 atom stereocenters. The van der Waals surface area contributed by atoms with E-state index in [1.807, 2.05) is 35.7 Å². The Morgan fingerprint density at radius 2 is 1.95 bits per heavy atom. The van der Waals surface area contributed by atoms with Crippen molar-refractivity contribution in [3.05, 3.63) is 70.9 Å². The third kappa shape index (κ3) is 3.20. The number of halogens is 1. The molecule has 0 saturated heterocycles. The van der Waals surface area contributed by atoms with Crippen LogP contribution in [0.1, 0.15) is 11.1 Å². The van der Waals surface area contributed by atoms with Crippen LogP contribution in [0.25, 0.3) is 11.3 Å². The molecule has 1 heterocycles. The van der Waals surface area contributed by atoms with Crippen LogP contribution in [0, 0.1) is 12.7 Å². The standard InChI is InChI=1S/C17H14FN3S/c1-12-6-5-9-14(16(12)18)10-19-21-17-20-15(11-22-17)13-7-3-2-4-8-13/h2-11H,1H3,(H,20,21). The van der Waals surface area contributed by atoms with E-state index in [4.69, 9.17) is 0 Å². The highest BCUT2D eigenvalue weighted by Gasteiger charge is 2.04. The van der Waals surface area contributed by atoms with E-state index >= 15 is 0 Å². The van der Waals surface area contributed by atoms with Crippen LogP contribution in [0.4, 0.5) is 9.52 Å². The molecule has 110 valence electrons. The number of aryl methyl sites for hydroxylation is 1. The van der Waals surface area contributed by atoms with Crippen molar-refractivity contribution < 1.29 is 4.39 Å². The number of hydrogen-bond acceptors (Lipinski definition) is 4. The molecule has 2 aromatic carbocycles. The number of anilines is 1. The Kier molecular flexibility index (Phi) is 4.25. The van der Waals surface area contributed by atoms with Gasteiger partial charge in [0, 0.05) is 16.5 Å². The highest BCUT2D eigenvalue weighted by molar-refractivity contribution is 7.14. The maximum absolute atomic E-state index is 13.8. The summed E-state index contributed by atoms with van der Waals surface area (Å²) in [5, 5.41) is 6.68. The fourth-order valence-electron chi connectivity index (χ4n) is 1.99. The summed E-state index contributed by atoms with van der Waals surface area (Å²) in [5.41, 5.74) is 5.84. The zero-order valence-corrected chi connectivity index (χ0v) is 12.8. The van der Waals surface area contributed by atoms with E-state index in [1.54, 1.807) is 25.1 Å². The van der Waals surface area contributed by atoms with Gasteiger partial charge in [0.2, 0.25) is 5.13 Å². The van der Waals surface area contributed by atoms with Gasteiger partial charge in [-0.3, -0.25) is 5.43 Å². The van der Waals surface area contributed by atoms with Gasteiger partial charge in [-0.05, 0) is 12.5 Å². The molecular weight excluding hydrogens is 297 g/mol. The first kappa shape index (κ1) is 14.4. The Hall–Kier alpha value is -2.53. The molecule has 1 N–H and O–H groups in total. The lowest BCUT2D eigenvalue weighted by Gasteiger charge is -1.99. The molecule has 0 unspecified atom stereocenters. The summed E-state index contributed by atoms with van der Waals surface area (Å²) in [6.45, 7) is 1.73. The molecule has 0 aliphatic carbocycles. The second-order valence-corrected chi connectivity index (χ2v) is 5.61. The molecule has 0 aliphatic heterocycles. The van der Waals surface area contributed by atoms with Crippen LogP contribution >= 0.6 is 11.3 Å². The normalized spacial score (nSPS) is 11.0.